The smallest absolute Gasteiger partial charge is 0.292 e. The summed E-state index contributed by atoms with van der Waals surface area (Å²) in [5.74, 6) is 0. The van der Waals surface area contributed by atoms with Gasteiger partial charge in [0.1, 0.15) is 5.69 Å². The molecule has 2 atom stereocenters. The highest BCUT2D eigenvalue weighted by Crippen LogP contribution is 2.29. The maximum Gasteiger partial charge on any atom is 0.292 e. The fourth-order valence-corrected chi connectivity index (χ4v) is 2.29. The number of hydrogen-bond donors (Lipinski definition) is 2. The van der Waals surface area contributed by atoms with Gasteiger partial charge in [-0.3, -0.25) is 10.1 Å². The largest absolute Gasteiger partial charge is 0.375 e. The second-order valence-corrected chi connectivity index (χ2v) is 4.62. The van der Waals surface area contributed by atoms with E-state index in [9.17, 15) is 10.1 Å². The first-order valence-corrected chi connectivity index (χ1v) is 5.85. The van der Waals surface area contributed by atoms with Crippen molar-refractivity contribution < 1.29 is 4.92 Å². The molecule has 92 valence electrons. The first-order chi connectivity index (χ1) is 8.08. The predicted octanol–water partition coefficient (Wildman–Crippen LogP) is 2.19. The van der Waals surface area contributed by atoms with Gasteiger partial charge in [0, 0.05) is 18.2 Å². The molecule has 3 N–H and O–H groups in total. The summed E-state index contributed by atoms with van der Waals surface area (Å²) in [6.07, 6.45) is 3.04. The van der Waals surface area contributed by atoms with Gasteiger partial charge < -0.3 is 11.1 Å². The van der Waals surface area contributed by atoms with Gasteiger partial charge in [0.2, 0.25) is 0 Å². The van der Waals surface area contributed by atoms with E-state index < -0.39 is 0 Å². The maximum absolute atomic E-state index is 10.9. The van der Waals surface area contributed by atoms with E-state index in [2.05, 4.69) is 5.32 Å². The van der Waals surface area contributed by atoms with Gasteiger partial charge in [-0.15, -0.1) is 0 Å². The molecule has 1 aliphatic rings. The average Bonchev–Trinajstić information content (AvgIpc) is 2.64. The van der Waals surface area contributed by atoms with Crippen molar-refractivity contribution >= 4 is 11.4 Å². The third kappa shape index (κ3) is 2.55. The van der Waals surface area contributed by atoms with Gasteiger partial charge in [0.15, 0.2) is 0 Å². The third-order valence-electron chi connectivity index (χ3n) is 3.26. The van der Waals surface area contributed by atoms with Crippen molar-refractivity contribution in [2.75, 3.05) is 5.32 Å². The molecular weight excluding hydrogens is 218 g/mol. The van der Waals surface area contributed by atoms with E-state index in [0.717, 1.165) is 24.8 Å². The lowest BCUT2D eigenvalue weighted by Crippen LogP contribution is -2.35. The third-order valence-corrected chi connectivity index (χ3v) is 3.26. The van der Waals surface area contributed by atoms with Crippen LogP contribution < -0.4 is 11.1 Å². The minimum Gasteiger partial charge on any atom is -0.375 e. The maximum atomic E-state index is 10.9. The lowest BCUT2D eigenvalue weighted by atomic mass is 10.1. The van der Waals surface area contributed by atoms with Crippen LogP contribution in [-0.4, -0.2) is 17.0 Å². The van der Waals surface area contributed by atoms with Crippen molar-refractivity contribution in [1.29, 1.82) is 0 Å². The summed E-state index contributed by atoms with van der Waals surface area (Å²) in [6, 6.07) is 5.34. The molecule has 0 aliphatic heterocycles. The molecule has 0 aromatic heterocycles. The van der Waals surface area contributed by atoms with E-state index in [-0.39, 0.29) is 22.7 Å². The van der Waals surface area contributed by atoms with Crippen LogP contribution in [0.4, 0.5) is 11.4 Å². The molecule has 2 unspecified atom stereocenters. The summed E-state index contributed by atoms with van der Waals surface area (Å²) in [6.45, 7) is 1.92. The van der Waals surface area contributed by atoms with Crippen LogP contribution in [-0.2, 0) is 0 Å². The van der Waals surface area contributed by atoms with Gasteiger partial charge >= 0.3 is 0 Å². The molecule has 0 spiro atoms. The van der Waals surface area contributed by atoms with E-state index >= 15 is 0 Å². The molecule has 1 saturated carbocycles. The number of nitro benzene ring substituents is 1. The number of nitrogens with zero attached hydrogens (tertiary/aromatic N) is 1. The molecule has 0 amide bonds. The van der Waals surface area contributed by atoms with Crippen molar-refractivity contribution in [2.24, 2.45) is 5.73 Å². The van der Waals surface area contributed by atoms with Crippen molar-refractivity contribution in [2.45, 2.75) is 38.3 Å². The molecule has 1 fully saturated rings. The molecular formula is C12H17N3O2. The van der Waals surface area contributed by atoms with Crippen LogP contribution >= 0.6 is 0 Å². The molecule has 1 aromatic rings. The van der Waals surface area contributed by atoms with Crippen molar-refractivity contribution in [3.05, 3.63) is 33.9 Å². The van der Waals surface area contributed by atoms with Crippen molar-refractivity contribution in [1.82, 2.24) is 0 Å². The Morgan fingerprint density at radius 3 is 2.82 bits per heavy atom. The van der Waals surface area contributed by atoms with Crippen LogP contribution in [0, 0.1) is 17.0 Å². The van der Waals surface area contributed by atoms with Gasteiger partial charge in [-0.1, -0.05) is 6.07 Å². The zero-order chi connectivity index (χ0) is 12.4. The van der Waals surface area contributed by atoms with E-state index in [0.29, 0.717) is 5.69 Å². The van der Waals surface area contributed by atoms with Gasteiger partial charge in [0.25, 0.3) is 5.69 Å². The van der Waals surface area contributed by atoms with Gasteiger partial charge in [-0.25, -0.2) is 0 Å². The predicted molar refractivity (Wildman–Crippen MR) is 67.1 cm³/mol. The first-order valence-electron chi connectivity index (χ1n) is 5.85. The zero-order valence-electron chi connectivity index (χ0n) is 9.85. The molecule has 0 saturated heterocycles. The van der Waals surface area contributed by atoms with Gasteiger partial charge in [0.05, 0.1) is 4.92 Å². The summed E-state index contributed by atoms with van der Waals surface area (Å²) >= 11 is 0. The van der Waals surface area contributed by atoms with Crippen molar-refractivity contribution in [3.8, 4) is 0 Å². The first kappa shape index (κ1) is 11.9. The van der Waals surface area contributed by atoms with Crippen LogP contribution in [0.15, 0.2) is 18.2 Å². The second-order valence-electron chi connectivity index (χ2n) is 4.62. The summed E-state index contributed by atoms with van der Waals surface area (Å²) < 4.78 is 0. The number of rotatable bonds is 3. The molecule has 5 heteroatoms. The number of benzene rings is 1. The number of nitro groups is 1. The lowest BCUT2D eigenvalue weighted by molar-refractivity contribution is -0.384. The van der Waals surface area contributed by atoms with Crippen molar-refractivity contribution in [3.63, 3.8) is 0 Å². The minimum absolute atomic E-state index is 0.0927. The molecule has 0 bridgehead atoms. The summed E-state index contributed by atoms with van der Waals surface area (Å²) in [5.41, 5.74) is 7.66. The Bertz CT molecular complexity index is 434. The lowest BCUT2D eigenvalue weighted by Gasteiger charge is -2.18. The summed E-state index contributed by atoms with van der Waals surface area (Å²) in [7, 11) is 0. The summed E-state index contributed by atoms with van der Waals surface area (Å²) in [4.78, 5) is 10.6. The highest BCUT2D eigenvalue weighted by Gasteiger charge is 2.26. The van der Waals surface area contributed by atoms with Crippen LogP contribution in [0.1, 0.15) is 24.8 Å². The van der Waals surface area contributed by atoms with E-state index in [4.69, 9.17) is 5.73 Å². The Morgan fingerprint density at radius 1 is 1.47 bits per heavy atom. The Labute approximate surface area is 100 Å². The van der Waals surface area contributed by atoms with Crippen LogP contribution in [0.5, 0.6) is 0 Å². The van der Waals surface area contributed by atoms with Gasteiger partial charge in [-0.05, 0) is 37.8 Å². The number of anilines is 1. The molecule has 1 aliphatic carbocycles. The van der Waals surface area contributed by atoms with E-state index in [1.165, 1.54) is 6.07 Å². The second kappa shape index (κ2) is 4.71. The number of nitrogens with two attached hydrogens (primary N) is 1. The highest BCUT2D eigenvalue weighted by molar-refractivity contribution is 5.63. The topological polar surface area (TPSA) is 81.2 Å². The molecule has 5 nitrogen and oxygen atoms in total. The number of hydrogen-bond acceptors (Lipinski definition) is 4. The Hall–Kier alpha value is -1.62. The molecule has 2 rings (SSSR count). The fourth-order valence-electron chi connectivity index (χ4n) is 2.29. The van der Waals surface area contributed by atoms with Gasteiger partial charge in [-0.2, -0.15) is 0 Å². The van der Waals surface area contributed by atoms with Crippen LogP contribution in [0.25, 0.3) is 0 Å². The fraction of sp³-hybridized carbons (Fsp3) is 0.500. The number of nitrogens with one attached hydrogen (secondary N) is 1. The average molecular weight is 235 g/mol. The standard InChI is InChI=1S/C12H17N3O2/c1-8-5-6-12(15(16)17)11(7-8)14-10-4-2-3-9(10)13/h5-7,9-10,14H,2-4,13H2,1H3. The molecule has 0 radical (unpaired) electrons. The quantitative estimate of drug-likeness (QED) is 0.621. The minimum atomic E-state index is -0.359. The molecule has 1 aromatic carbocycles. The van der Waals surface area contributed by atoms with E-state index in [1.54, 1.807) is 6.07 Å². The zero-order valence-corrected chi connectivity index (χ0v) is 9.85. The molecule has 17 heavy (non-hydrogen) atoms. The van der Waals surface area contributed by atoms with E-state index in [1.807, 2.05) is 13.0 Å². The molecule has 0 heterocycles. The van der Waals surface area contributed by atoms with Crippen LogP contribution in [0.3, 0.4) is 0 Å². The summed E-state index contributed by atoms with van der Waals surface area (Å²) in [5, 5.41) is 14.1. The Kier molecular flexibility index (Phi) is 3.28. The Balaban J connectivity index is 2.24. The Morgan fingerprint density at radius 2 is 2.24 bits per heavy atom. The van der Waals surface area contributed by atoms with Crippen LogP contribution in [0.2, 0.25) is 0 Å². The number of aryl methyl sites for hydroxylation is 1. The SMILES string of the molecule is Cc1ccc([N+](=O)[O-])c(NC2CCCC2N)c1. The monoisotopic (exact) mass is 235 g/mol. The normalized spacial score (nSPS) is 23.6. The highest BCUT2D eigenvalue weighted by atomic mass is 16.6.